The zero-order valence-corrected chi connectivity index (χ0v) is 14.0. The predicted octanol–water partition coefficient (Wildman–Crippen LogP) is 4.24. The molecule has 3 rings (SSSR count). The monoisotopic (exact) mass is 366 g/mol. The molecule has 0 aliphatic heterocycles. The standard InChI is InChI=1S/C15H15BrN2O2S/c1-2-20-14(19)9-7-8-12-13(9)18-15(21-12)17-11-6-4-3-5-10(11)16/h3-6,9H,2,7-8H2,1H3,(H,17,18). The van der Waals surface area contributed by atoms with Crippen LogP contribution in [0.1, 0.15) is 29.8 Å². The molecule has 21 heavy (non-hydrogen) atoms. The first-order valence-electron chi connectivity index (χ1n) is 6.86. The van der Waals surface area contributed by atoms with Gasteiger partial charge in [-0.15, -0.1) is 11.3 Å². The van der Waals surface area contributed by atoms with Crippen molar-refractivity contribution in [3.05, 3.63) is 39.3 Å². The quantitative estimate of drug-likeness (QED) is 0.822. The largest absolute Gasteiger partial charge is 0.465 e. The van der Waals surface area contributed by atoms with E-state index in [1.165, 1.54) is 4.88 Å². The lowest BCUT2D eigenvalue weighted by atomic mass is 10.1. The summed E-state index contributed by atoms with van der Waals surface area (Å²) in [6.45, 7) is 2.24. The van der Waals surface area contributed by atoms with Crippen LogP contribution in [0, 0.1) is 0 Å². The highest BCUT2D eigenvalue weighted by Crippen LogP contribution is 2.40. The van der Waals surface area contributed by atoms with Crippen LogP contribution in [0.5, 0.6) is 0 Å². The molecule has 1 heterocycles. The molecule has 4 nitrogen and oxygen atoms in total. The van der Waals surface area contributed by atoms with Gasteiger partial charge in [0, 0.05) is 9.35 Å². The van der Waals surface area contributed by atoms with E-state index < -0.39 is 0 Å². The minimum atomic E-state index is -0.203. The highest BCUT2D eigenvalue weighted by molar-refractivity contribution is 9.10. The van der Waals surface area contributed by atoms with Crippen LogP contribution in [0.25, 0.3) is 0 Å². The molecule has 1 N–H and O–H groups in total. The lowest BCUT2D eigenvalue weighted by molar-refractivity contribution is -0.145. The first-order chi connectivity index (χ1) is 10.2. The SMILES string of the molecule is CCOC(=O)C1CCc2sc(Nc3ccccc3Br)nc21. The van der Waals surface area contributed by atoms with E-state index >= 15 is 0 Å². The molecule has 1 atom stereocenters. The smallest absolute Gasteiger partial charge is 0.315 e. The number of thiazole rings is 1. The van der Waals surface area contributed by atoms with Gasteiger partial charge in [0.05, 0.1) is 18.0 Å². The molecule has 1 aromatic heterocycles. The van der Waals surface area contributed by atoms with Crippen molar-refractivity contribution in [2.45, 2.75) is 25.7 Å². The summed E-state index contributed by atoms with van der Waals surface area (Å²) in [6.07, 6.45) is 1.70. The Morgan fingerprint density at radius 3 is 3.10 bits per heavy atom. The lowest BCUT2D eigenvalue weighted by Gasteiger charge is -2.08. The third-order valence-corrected chi connectivity index (χ3v) is 5.14. The minimum Gasteiger partial charge on any atom is -0.465 e. The van der Waals surface area contributed by atoms with Gasteiger partial charge in [0.2, 0.25) is 0 Å². The van der Waals surface area contributed by atoms with Crippen molar-refractivity contribution in [1.29, 1.82) is 0 Å². The summed E-state index contributed by atoms with van der Waals surface area (Å²) in [5.74, 6) is -0.361. The number of rotatable bonds is 4. The van der Waals surface area contributed by atoms with Crippen LogP contribution < -0.4 is 5.32 Å². The molecule has 110 valence electrons. The van der Waals surface area contributed by atoms with Crippen molar-refractivity contribution >= 4 is 44.1 Å². The first kappa shape index (κ1) is 14.5. The Morgan fingerprint density at radius 1 is 1.52 bits per heavy atom. The molecule has 2 aromatic rings. The second kappa shape index (κ2) is 6.15. The van der Waals surface area contributed by atoms with Crippen LogP contribution in [0.4, 0.5) is 10.8 Å². The fourth-order valence-corrected chi connectivity index (χ4v) is 3.87. The number of carbonyl (C=O) groups is 1. The summed E-state index contributed by atoms with van der Waals surface area (Å²) >= 11 is 5.12. The number of para-hydroxylation sites is 1. The van der Waals surface area contributed by atoms with Gasteiger partial charge in [-0.3, -0.25) is 4.79 Å². The van der Waals surface area contributed by atoms with E-state index in [4.69, 9.17) is 4.74 Å². The number of hydrogen-bond acceptors (Lipinski definition) is 5. The van der Waals surface area contributed by atoms with Gasteiger partial charge in [0.15, 0.2) is 5.13 Å². The summed E-state index contributed by atoms with van der Waals surface area (Å²) in [4.78, 5) is 17.7. The zero-order valence-electron chi connectivity index (χ0n) is 11.6. The second-order valence-electron chi connectivity index (χ2n) is 4.78. The predicted molar refractivity (Wildman–Crippen MR) is 87.2 cm³/mol. The van der Waals surface area contributed by atoms with Gasteiger partial charge in [-0.1, -0.05) is 12.1 Å². The van der Waals surface area contributed by atoms with Gasteiger partial charge in [-0.05, 0) is 47.8 Å². The minimum absolute atomic E-state index is 0.158. The third-order valence-electron chi connectivity index (χ3n) is 3.40. The number of hydrogen-bond donors (Lipinski definition) is 1. The van der Waals surface area contributed by atoms with Crippen molar-refractivity contribution < 1.29 is 9.53 Å². The number of benzene rings is 1. The van der Waals surface area contributed by atoms with Gasteiger partial charge >= 0.3 is 5.97 Å². The van der Waals surface area contributed by atoms with E-state index in [2.05, 4.69) is 26.2 Å². The number of carbonyl (C=O) groups excluding carboxylic acids is 1. The molecule has 0 fully saturated rings. The molecule has 0 saturated carbocycles. The number of nitrogens with one attached hydrogen (secondary N) is 1. The maximum absolute atomic E-state index is 11.9. The molecular weight excluding hydrogens is 352 g/mol. The molecule has 0 amide bonds. The summed E-state index contributed by atoms with van der Waals surface area (Å²) in [7, 11) is 0. The Balaban J connectivity index is 1.81. The molecule has 0 spiro atoms. The summed E-state index contributed by atoms with van der Waals surface area (Å²) in [5, 5.41) is 4.12. The molecule has 0 bridgehead atoms. The third kappa shape index (κ3) is 2.96. The Morgan fingerprint density at radius 2 is 2.33 bits per heavy atom. The fourth-order valence-electron chi connectivity index (χ4n) is 2.43. The first-order valence-corrected chi connectivity index (χ1v) is 8.47. The number of nitrogens with zero attached hydrogens (tertiary/aromatic N) is 1. The maximum Gasteiger partial charge on any atom is 0.315 e. The summed E-state index contributed by atoms with van der Waals surface area (Å²) < 4.78 is 6.12. The average Bonchev–Trinajstić information content (AvgIpc) is 3.01. The fraction of sp³-hybridized carbons (Fsp3) is 0.333. The van der Waals surface area contributed by atoms with Crippen LogP contribution in [0.3, 0.4) is 0 Å². The van der Waals surface area contributed by atoms with Crippen LogP contribution in [0.15, 0.2) is 28.7 Å². The Bertz CT molecular complexity index is 671. The second-order valence-corrected chi connectivity index (χ2v) is 6.71. The van der Waals surface area contributed by atoms with Gasteiger partial charge in [0.1, 0.15) is 5.92 Å². The Kier molecular flexibility index (Phi) is 4.26. The zero-order chi connectivity index (χ0) is 14.8. The summed E-state index contributed by atoms with van der Waals surface area (Å²) in [5.41, 5.74) is 1.85. The molecular formula is C15H15BrN2O2S. The van der Waals surface area contributed by atoms with Gasteiger partial charge in [-0.25, -0.2) is 4.98 Å². The molecule has 1 aliphatic carbocycles. The number of halogens is 1. The van der Waals surface area contributed by atoms with Crippen molar-refractivity contribution in [1.82, 2.24) is 4.98 Å². The van der Waals surface area contributed by atoms with Crippen LogP contribution >= 0.6 is 27.3 Å². The van der Waals surface area contributed by atoms with E-state index in [1.807, 2.05) is 31.2 Å². The number of ether oxygens (including phenoxy) is 1. The van der Waals surface area contributed by atoms with E-state index in [9.17, 15) is 4.79 Å². The number of aryl methyl sites for hydroxylation is 1. The summed E-state index contributed by atoms with van der Waals surface area (Å²) in [6, 6.07) is 7.90. The molecule has 1 unspecified atom stereocenters. The molecule has 6 heteroatoms. The van der Waals surface area contributed by atoms with Crippen LogP contribution in [-0.2, 0) is 16.0 Å². The molecule has 1 aromatic carbocycles. The topological polar surface area (TPSA) is 51.2 Å². The van der Waals surface area contributed by atoms with Crippen LogP contribution in [-0.4, -0.2) is 17.6 Å². The highest BCUT2D eigenvalue weighted by atomic mass is 79.9. The van der Waals surface area contributed by atoms with Crippen molar-refractivity contribution in [3.63, 3.8) is 0 Å². The molecule has 0 saturated heterocycles. The number of esters is 1. The normalized spacial score (nSPS) is 16.6. The van der Waals surface area contributed by atoms with Gasteiger partial charge in [0.25, 0.3) is 0 Å². The highest BCUT2D eigenvalue weighted by Gasteiger charge is 2.33. The number of fused-ring (bicyclic) bond motifs is 1. The average molecular weight is 367 g/mol. The lowest BCUT2D eigenvalue weighted by Crippen LogP contribution is -2.14. The van der Waals surface area contributed by atoms with E-state index in [0.717, 1.165) is 33.8 Å². The van der Waals surface area contributed by atoms with Crippen molar-refractivity contribution in [2.24, 2.45) is 0 Å². The van der Waals surface area contributed by atoms with Crippen molar-refractivity contribution in [3.8, 4) is 0 Å². The van der Waals surface area contributed by atoms with Crippen LogP contribution in [0.2, 0.25) is 0 Å². The van der Waals surface area contributed by atoms with E-state index in [1.54, 1.807) is 11.3 Å². The number of aromatic nitrogens is 1. The Labute approximate surface area is 135 Å². The van der Waals surface area contributed by atoms with E-state index in [-0.39, 0.29) is 11.9 Å². The van der Waals surface area contributed by atoms with E-state index in [0.29, 0.717) is 6.61 Å². The maximum atomic E-state index is 11.9. The molecule has 0 radical (unpaired) electrons. The van der Waals surface area contributed by atoms with Gasteiger partial charge in [-0.2, -0.15) is 0 Å². The molecule has 1 aliphatic rings. The number of anilines is 2. The van der Waals surface area contributed by atoms with Crippen molar-refractivity contribution in [2.75, 3.05) is 11.9 Å². The Hall–Kier alpha value is -1.40. The van der Waals surface area contributed by atoms with Gasteiger partial charge < -0.3 is 10.1 Å².